The fourth-order valence-corrected chi connectivity index (χ4v) is 5.25. The molecule has 0 aliphatic heterocycles. The van der Waals surface area contributed by atoms with Crippen LogP contribution in [0, 0.1) is 0 Å². The number of hydrogen-bond donors (Lipinski definition) is 8. The van der Waals surface area contributed by atoms with Crippen molar-refractivity contribution in [1.29, 1.82) is 0 Å². The van der Waals surface area contributed by atoms with E-state index in [1.165, 1.54) is 12.1 Å². The number of para-hydroxylation sites is 1. The van der Waals surface area contributed by atoms with E-state index < -0.39 is 47.9 Å². The lowest BCUT2D eigenvalue weighted by Gasteiger charge is -2.25. The number of H-pyrrole nitrogens is 1. The van der Waals surface area contributed by atoms with E-state index in [2.05, 4.69) is 20.9 Å². The van der Waals surface area contributed by atoms with Crippen molar-refractivity contribution in [3.63, 3.8) is 0 Å². The second-order valence-electron chi connectivity index (χ2n) is 10.6. The lowest BCUT2D eigenvalue weighted by Crippen LogP contribution is -2.57. The van der Waals surface area contributed by atoms with E-state index in [0.29, 0.717) is 37.1 Å². The number of carboxylic acid groups (broad SMARTS) is 1. The zero-order valence-electron chi connectivity index (χ0n) is 24.8. The molecule has 3 aromatic rings. The molecule has 0 radical (unpaired) electrons. The van der Waals surface area contributed by atoms with E-state index >= 15 is 0 Å². The molecule has 12 nitrogen and oxygen atoms in total. The van der Waals surface area contributed by atoms with E-state index in [4.69, 9.17) is 11.5 Å². The molecule has 1 heterocycles. The van der Waals surface area contributed by atoms with Gasteiger partial charge in [0, 0.05) is 29.9 Å². The summed E-state index contributed by atoms with van der Waals surface area (Å²) < 4.78 is 0. The van der Waals surface area contributed by atoms with Gasteiger partial charge in [0.25, 0.3) is 0 Å². The predicted octanol–water partition coefficient (Wildman–Crippen LogP) is 1.41. The number of thioether (sulfide) groups is 1. The smallest absolute Gasteiger partial charge is 0.326 e. The lowest BCUT2D eigenvalue weighted by molar-refractivity contribution is -0.142. The van der Waals surface area contributed by atoms with Crippen LogP contribution in [-0.2, 0) is 32.0 Å². The van der Waals surface area contributed by atoms with Crippen molar-refractivity contribution in [2.45, 2.75) is 62.7 Å². The summed E-state index contributed by atoms with van der Waals surface area (Å²) in [6, 6.07) is 9.40. The number of aromatic nitrogens is 1. The Morgan fingerprint density at radius 1 is 0.864 bits per heavy atom. The maximum atomic E-state index is 13.6. The molecule has 0 spiro atoms. The lowest BCUT2D eigenvalue weighted by atomic mass is 10.0. The maximum Gasteiger partial charge on any atom is 0.326 e. The van der Waals surface area contributed by atoms with Gasteiger partial charge < -0.3 is 42.6 Å². The number of nitrogens with two attached hydrogens (primary N) is 2. The SMILES string of the molecule is CSCCC(N)C(=O)NC(Cc1ccc(O)cc1)C(=O)NC(CCCCN)C(=O)NC(Cc1c[nH]c2ccccc12)C(=O)O. The molecule has 4 unspecified atom stereocenters. The molecule has 238 valence electrons. The number of aliphatic carboxylic acids is 1. The fraction of sp³-hybridized carbons (Fsp3) is 0.419. The summed E-state index contributed by atoms with van der Waals surface area (Å²) in [4.78, 5) is 55.3. The highest BCUT2D eigenvalue weighted by atomic mass is 32.2. The van der Waals surface area contributed by atoms with E-state index in [9.17, 15) is 29.4 Å². The van der Waals surface area contributed by atoms with Crippen LogP contribution in [0.15, 0.2) is 54.7 Å². The minimum Gasteiger partial charge on any atom is -0.508 e. The zero-order chi connectivity index (χ0) is 32.1. The van der Waals surface area contributed by atoms with Crippen LogP contribution in [0.4, 0.5) is 0 Å². The summed E-state index contributed by atoms with van der Waals surface area (Å²) in [5.74, 6) is -2.29. The third-order valence-corrected chi connectivity index (χ3v) is 7.92. The van der Waals surface area contributed by atoms with E-state index in [1.807, 2.05) is 30.5 Å². The van der Waals surface area contributed by atoms with Gasteiger partial charge in [0.1, 0.15) is 23.9 Å². The van der Waals surface area contributed by atoms with Gasteiger partial charge in [-0.05, 0) is 73.6 Å². The standard InChI is InChI=1S/C31H42N6O6S/c1-44-15-13-23(33)28(39)36-26(16-19-9-11-21(38)12-10-19)30(41)35-25(8-4-5-14-32)29(40)37-27(31(42)43)17-20-18-34-24-7-3-2-6-22(20)24/h2-3,6-7,9-12,18,23,25-27,34,38H,4-5,8,13-17,32-33H2,1H3,(H,35,41)(H,36,39)(H,37,40)(H,42,43). The largest absolute Gasteiger partial charge is 0.508 e. The van der Waals surface area contributed by atoms with E-state index in [1.54, 1.807) is 30.1 Å². The number of carbonyl (C=O) groups is 4. The Morgan fingerprint density at radius 3 is 2.20 bits per heavy atom. The van der Waals surface area contributed by atoms with Gasteiger partial charge in [-0.2, -0.15) is 11.8 Å². The van der Waals surface area contributed by atoms with Crippen LogP contribution in [-0.4, -0.2) is 81.6 Å². The highest BCUT2D eigenvalue weighted by Gasteiger charge is 2.31. The number of nitrogens with one attached hydrogen (secondary N) is 4. The Kier molecular flexibility index (Phi) is 13.5. The first-order valence-electron chi connectivity index (χ1n) is 14.5. The summed E-state index contributed by atoms with van der Waals surface area (Å²) in [5.41, 5.74) is 13.9. The van der Waals surface area contributed by atoms with Crippen molar-refractivity contribution in [2.24, 2.45) is 11.5 Å². The molecule has 3 amide bonds. The normalized spacial score (nSPS) is 13.9. The summed E-state index contributed by atoms with van der Waals surface area (Å²) in [5, 5.41) is 28.5. The van der Waals surface area contributed by atoms with Crippen molar-refractivity contribution in [3.05, 3.63) is 65.9 Å². The van der Waals surface area contributed by atoms with Crippen molar-refractivity contribution in [1.82, 2.24) is 20.9 Å². The predicted molar refractivity (Wildman–Crippen MR) is 171 cm³/mol. The molecule has 4 atom stereocenters. The quantitative estimate of drug-likeness (QED) is 0.0957. The van der Waals surface area contributed by atoms with Crippen LogP contribution in [0.1, 0.15) is 36.8 Å². The highest BCUT2D eigenvalue weighted by Crippen LogP contribution is 2.19. The molecule has 10 N–H and O–H groups in total. The Bertz CT molecular complexity index is 1400. The maximum absolute atomic E-state index is 13.6. The molecule has 13 heteroatoms. The third-order valence-electron chi connectivity index (χ3n) is 7.27. The van der Waals surface area contributed by atoms with Gasteiger partial charge in [-0.15, -0.1) is 0 Å². The summed E-state index contributed by atoms with van der Waals surface area (Å²) >= 11 is 1.55. The molecule has 3 rings (SSSR count). The van der Waals surface area contributed by atoms with Crippen LogP contribution in [0.5, 0.6) is 5.75 Å². The minimum absolute atomic E-state index is 0.0298. The molecule has 2 aromatic carbocycles. The number of benzene rings is 2. The number of rotatable bonds is 18. The van der Waals surface area contributed by atoms with Crippen molar-refractivity contribution in [3.8, 4) is 5.75 Å². The van der Waals surface area contributed by atoms with Crippen LogP contribution in [0.2, 0.25) is 0 Å². The first-order valence-corrected chi connectivity index (χ1v) is 15.9. The van der Waals surface area contributed by atoms with E-state index in [-0.39, 0.29) is 25.0 Å². The molecular weight excluding hydrogens is 584 g/mol. The second-order valence-corrected chi connectivity index (χ2v) is 11.6. The average molecular weight is 627 g/mol. The first-order chi connectivity index (χ1) is 21.1. The molecule has 44 heavy (non-hydrogen) atoms. The second kappa shape index (κ2) is 17.3. The first kappa shape index (κ1) is 34.4. The van der Waals surface area contributed by atoms with Gasteiger partial charge >= 0.3 is 5.97 Å². The summed E-state index contributed by atoms with van der Waals surface area (Å²) in [6.07, 6.45) is 5.44. The van der Waals surface area contributed by atoms with E-state index in [0.717, 1.165) is 16.5 Å². The molecule has 0 fully saturated rings. The van der Waals surface area contributed by atoms with Gasteiger partial charge in [-0.3, -0.25) is 14.4 Å². The van der Waals surface area contributed by atoms with Gasteiger partial charge in [-0.25, -0.2) is 4.79 Å². The number of aromatic amines is 1. The van der Waals surface area contributed by atoms with Crippen LogP contribution in [0.3, 0.4) is 0 Å². The summed E-state index contributed by atoms with van der Waals surface area (Å²) in [7, 11) is 0. The van der Waals surface area contributed by atoms with Gasteiger partial charge in [0.05, 0.1) is 6.04 Å². The van der Waals surface area contributed by atoms with Gasteiger partial charge in [0.15, 0.2) is 0 Å². The Morgan fingerprint density at radius 2 is 1.52 bits per heavy atom. The van der Waals surface area contributed by atoms with Crippen molar-refractivity contribution in [2.75, 3.05) is 18.6 Å². The van der Waals surface area contributed by atoms with Gasteiger partial charge in [-0.1, -0.05) is 30.3 Å². The molecule has 0 aliphatic rings. The number of amides is 3. The van der Waals surface area contributed by atoms with Crippen LogP contribution < -0.4 is 27.4 Å². The van der Waals surface area contributed by atoms with Crippen LogP contribution >= 0.6 is 11.8 Å². The average Bonchev–Trinajstić information content (AvgIpc) is 3.42. The molecular formula is C31H42N6O6S. The monoisotopic (exact) mass is 626 g/mol. The third kappa shape index (κ3) is 10.3. The number of fused-ring (bicyclic) bond motifs is 1. The number of phenols is 1. The zero-order valence-corrected chi connectivity index (χ0v) is 25.6. The Labute approximate surface area is 260 Å². The number of phenolic OH excluding ortho intramolecular Hbond substituents is 1. The molecule has 0 saturated carbocycles. The molecule has 0 bridgehead atoms. The van der Waals surface area contributed by atoms with Crippen molar-refractivity contribution >= 4 is 46.4 Å². The summed E-state index contributed by atoms with van der Waals surface area (Å²) in [6.45, 7) is 0.383. The van der Waals surface area contributed by atoms with Crippen molar-refractivity contribution < 1.29 is 29.4 Å². The van der Waals surface area contributed by atoms with Crippen LogP contribution in [0.25, 0.3) is 10.9 Å². The number of carbonyl (C=O) groups excluding carboxylic acids is 3. The number of unbranched alkanes of at least 4 members (excludes halogenated alkanes) is 1. The van der Waals surface area contributed by atoms with Gasteiger partial charge in [0.2, 0.25) is 17.7 Å². The topological polar surface area (TPSA) is 213 Å². The highest BCUT2D eigenvalue weighted by molar-refractivity contribution is 7.98. The molecule has 0 saturated heterocycles. The Balaban J connectivity index is 1.78. The molecule has 0 aliphatic carbocycles. The number of carboxylic acids is 1. The number of aromatic hydroxyl groups is 1. The molecule has 1 aromatic heterocycles. The Hall–Kier alpha value is -4.07. The fourth-order valence-electron chi connectivity index (χ4n) is 4.76. The number of hydrogen-bond acceptors (Lipinski definition) is 8. The minimum atomic E-state index is -1.25.